The van der Waals surface area contributed by atoms with Crippen molar-refractivity contribution in [2.45, 2.75) is 37.0 Å². The molecule has 2 amide bonds. The van der Waals surface area contributed by atoms with Crippen LogP contribution in [0.1, 0.15) is 29.7 Å². The summed E-state index contributed by atoms with van der Waals surface area (Å²) in [7, 11) is 3.50. The molecule has 1 saturated heterocycles. The fourth-order valence-corrected chi connectivity index (χ4v) is 5.74. The SMILES string of the molecule is CN1CCC(N(C)C(=O)N2CC(c3cc(F)ccc3F)=C[C@@]2(CCc2cnc[nH]2)c2ccccc2)C(F)C1. The van der Waals surface area contributed by atoms with Crippen molar-refractivity contribution in [2.75, 3.05) is 33.7 Å². The molecule has 1 N–H and O–H groups in total. The zero-order chi connectivity index (χ0) is 26.9. The van der Waals surface area contributed by atoms with Crippen molar-refractivity contribution >= 4 is 11.6 Å². The van der Waals surface area contributed by atoms with Crippen LogP contribution in [0.5, 0.6) is 0 Å². The number of hydrogen-bond donors (Lipinski definition) is 1. The van der Waals surface area contributed by atoms with Gasteiger partial charge in [-0.05, 0) is 61.7 Å². The molecular formula is C29H32F3N5O. The third-order valence-corrected chi connectivity index (χ3v) is 7.84. The van der Waals surface area contributed by atoms with Crippen molar-refractivity contribution in [2.24, 2.45) is 0 Å². The van der Waals surface area contributed by atoms with Crippen molar-refractivity contribution in [3.63, 3.8) is 0 Å². The van der Waals surface area contributed by atoms with Gasteiger partial charge >= 0.3 is 6.03 Å². The molecule has 5 rings (SSSR count). The van der Waals surface area contributed by atoms with E-state index >= 15 is 4.39 Å². The summed E-state index contributed by atoms with van der Waals surface area (Å²) in [5.41, 5.74) is 1.39. The second-order valence-electron chi connectivity index (χ2n) is 10.3. The molecule has 0 bridgehead atoms. The minimum absolute atomic E-state index is 0.0605. The fraction of sp³-hybridized carbons (Fsp3) is 0.379. The van der Waals surface area contributed by atoms with Crippen molar-refractivity contribution in [1.29, 1.82) is 0 Å². The molecule has 0 radical (unpaired) electrons. The van der Waals surface area contributed by atoms with Crippen molar-refractivity contribution in [3.05, 3.63) is 95.6 Å². The summed E-state index contributed by atoms with van der Waals surface area (Å²) >= 11 is 0. The van der Waals surface area contributed by atoms with Gasteiger partial charge in [-0.2, -0.15) is 0 Å². The zero-order valence-electron chi connectivity index (χ0n) is 21.6. The van der Waals surface area contributed by atoms with E-state index in [0.29, 0.717) is 31.4 Å². The van der Waals surface area contributed by atoms with E-state index < -0.39 is 29.4 Å². The van der Waals surface area contributed by atoms with Crippen LogP contribution in [0.3, 0.4) is 0 Å². The first-order valence-electron chi connectivity index (χ1n) is 12.9. The Morgan fingerprint density at radius 3 is 2.71 bits per heavy atom. The number of rotatable bonds is 6. The molecule has 6 nitrogen and oxygen atoms in total. The maximum atomic E-state index is 15.1. The van der Waals surface area contributed by atoms with E-state index in [1.807, 2.05) is 48.4 Å². The minimum atomic E-state index is -1.19. The van der Waals surface area contributed by atoms with Crippen LogP contribution >= 0.6 is 0 Å². The second kappa shape index (κ2) is 10.6. The molecule has 0 saturated carbocycles. The number of carbonyl (C=O) groups is 1. The van der Waals surface area contributed by atoms with Crippen LogP contribution in [0.15, 0.2) is 67.1 Å². The number of aromatic nitrogens is 2. The standard InChI is InChI=1S/C29H32F3N5O/c1-35-13-11-27(26(32)18-35)36(2)28(38)37-17-20(24-14-22(30)8-9-25(24)31)15-29(37,21-6-4-3-5-7-21)12-10-23-16-33-19-34-23/h3-9,14-16,19,26-27H,10-13,17-18H2,1-2H3,(H,33,34)/t26?,27?,29-/m0/s1. The van der Waals surface area contributed by atoms with Gasteiger partial charge in [-0.25, -0.2) is 22.9 Å². The van der Waals surface area contributed by atoms with Gasteiger partial charge < -0.3 is 19.7 Å². The van der Waals surface area contributed by atoms with Crippen LogP contribution < -0.4 is 0 Å². The van der Waals surface area contributed by atoms with Gasteiger partial charge in [0.1, 0.15) is 17.8 Å². The average Bonchev–Trinajstić information content (AvgIpc) is 3.57. The highest BCUT2D eigenvalue weighted by atomic mass is 19.1. The molecule has 38 heavy (non-hydrogen) atoms. The largest absolute Gasteiger partial charge is 0.348 e. The first-order valence-corrected chi connectivity index (χ1v) is 12.9. The Labute approximate surface area is 220 Å². The highest BCUT2D eigenvalue weighted by Crippen LogP contribution is 2.44. The lowest BCUT2D eigenvalue weighted by atomic mass is 9.83. The van der Waals surface area contributed by atoms with E-state index in [2.05, 4.69) is 9.97 Å². The number of aromatic amines is 1. The van der Waals surface area contributed by atoms with E-state index in [-0.39, 0.29) is 24.7 Å². The Bertz CT molecular complexity index is 1300. The van der Waals surface area contributed by atoms with Crippen molar-refractivity contribution in [1.82, 2.24) is 24.7 Å². The third-order valence-electron chi connectivity index (χ3n) is 7.84. The summed E-state index contributed by atoms with van der Waals surface area (Å²) in [5.74, 6) is -1.12. The lowest BCUT2D eigenvalue weighted by Gasteiger charge is -2.44. The molecule has 1 fully saturated rings. The molecule has 1 aromatic heterocycles. The van der Waals surface area contributed by atoms with Crippen LogP contribution in [0.2, 0.25) is 0 Å². The van der Waals surface area contributed by atoms with Crippen LogP contribution in [-0.2, 0) is 12.0 Å². The molecule has 3 atom stereocenters. The molecule has 2 unspecified atom stereocenters. The Hall–Kier alpha value is -3.59. The number of halogens is 3. The van der Waals surface area contributed by atoms with E-state index in [9.17, 15) is 13.6 Å². The Morgan fingerprint density at radius 2 is 2.00 bits per heavy atom. The molecule has 2 aliphatic rings. The summed E-state index contributed by atoms with van der Waals surface area (Å²) in [6, 6.07) is 12.0. The third kappa shape index (κ3) is 4.95. The van der Waals surface area contributed by atoms with E-state index in [4.69, 9.17) is 0 Å². The number of urea groups is 1. The summed E-state index contributed by atoms with van der Waals surface area (Å²) in [5, 5.41) is 0. The number of hydrogen-bond acceptors (Lipinski definition) is 3. The Morgan fingerprint density at radius 1 is 1.21 bits per heavy atom. The number of H-pyrrole nitrogens is 1. The topological polar surface area (TPSA) is 55.5 Å². The lowest BCUT2D eigenvalue weighted by Crippen LogP contribution is -2.57. The second-order valence-corrected chi connectivity index (χ2v) is 10.3. The van der Waals surface area contributed by atoms with Gasteiger partial charge in [0.25, 0.3) is 0 Å². The number of amides is 2. The maximum Gasteiger partial charge on any atom is 0.321 e. The van der Waals surface area contributed by atoms with Gasteiger partial charge in [-0.15, -0.1) is 0 Å². The maximum absolute atomic E-state index is 15.1. The number of aryl methyl sites for hydroxylation is 1. The van der Waals surface area contributed by atoms with Crippen LogP contribution in [-0.4, -0.2) is 76.6 Å². The summed E-state index contributed by atoms with van der Waals surface area (Å²) in [6.45, 7) is 0.999. The van der Waals surface area contributed by atoms with Crippen molar-refractivity contribution < 1.29 is 18.0 Å². The zero-order valence-corrected chi connectivity index (χ0v) is 21.6. The molecule has 3 aromatic rings. The first-order chi connectivity index (χ1) is 18.3. The summed E-state index contributed by atoms with van der Waals surface area (Å²) < 4.78 is 44.3. The molecule has 0 spiro atoms. The van der Waals surface area contributed by atoms with Gasteiger partial charge in [0.15, 0.2) is 0 Å². The smallest absolute Gasteiger partial charge is 0.321 e. The highest BCUT2D eigenvalue weighted by Gasteiger charge is 2.47. The number of piperidine rings is 1. The van der Waals surface area contributed by atoms with Gasteiger partial charge in [-0.3, -0.25) is 0 Å². The predicted octanol–water partition coefficient (Wildman–Crippen LogP) is 5.01. The Kier molecular flexibility index (Phi) is 7.29. The number of imidazole rings is 1. The van der Waals surface area contributed by atoms with Gasteiger partial charge in [-0.1, -0.05) is 30.3 Å². The predicted molar refractivity (Wildman–Crippen MR) is 140 cm³/mol. The molecule has 3 heterocycles. The summed E-state index contributed by atoms with van der Waals surface area (Å²) in [4.78, 5) is 26.5. The molecule has 200 valence electrons. The molecule has 2 aliphatic heterocycles. The normalized spacial score (nSPS) is 23.9. The van der Waals surface area contributed by atoms with Gasteiger partial charge in [0.2, 0.25) is 0 Å². The number of nitrogens with one attached hydrogen (secondary N) is 1. The monoisotopic (exact) mass is 523 g/mol. The average molecular weight is 524 g/mol. The quantitative estimate of drug-likeness (QED) is 0.494. The Balaban J connectivity index is 1.59. The first kappa shape index (κ1) is 26.0. The number of likely N-dealkylation sites (tertiary alicyclic amines) is 1. The molecule has 2 aromatic carbocycles. The van der Waals surface area contributed by atoms with Gasteiger partial charge in [0, 0.05) is 44.1 Å². The van der Waals surface area contributed by atoms with E-state index in [0.717, 1.165) is 29.5 Å². The van der Waals surface area contributed by atoms with Gasteiger partial charge in [0.05, 0.1) is 17.9 Å². The lowest BCUT2D eigenvalue weighted by molar-refractivity contribution is 0.0509. The number of carbonyl (C=O) groups excluding carboxylic acids is 1. The van der Waals surface area contributed by atoms with Crippen molar-refractivity contribution in [3.8, 4) is 0 Å². The molecular weight excluding hydrogens is 491 g/mol. The van der Waals surface area contributed by atoms with E-state index in [1.165, 1.54) is 4.90 Å². The van der Waals surface area contributed by atoms with Crippen LogP contribution in [0.4, 0.5) is 18.0 Å². The number of alkyl halides is 1. The fourth-order valence-electron chi connectivity index (χ4n) is 5.74. The summed E-state index contributed by atoms with van der Waals surface area (Å²) in [6.07, 6.45) is 5.55. The molecule has 0 aliphatic carbocycles. The number of nitrogens with zero attached hydrogens (tertiary/aromatic N) is 4. The van der Waals surface area contributed by atoms with Crippen LogP contribution in [0, 0.1) is 11.6 Å². The molecule has 9 heteroatoms. The number of benzene rings is 2. The minimum Gasteiger partial charge on any atom is -0.348 e. The van der Waals surface area contributed by atoms with Crippen LogP contribution in [0.25, 0.3) is 5.57 Å². The highest BCUT2D eigenvalue weighted by molar-refractivity contribution is 5.83. The van der Waals surface area contributed by atoms with E-state index in [1.54, 1.807) is 24.5 Å².